The van der Waals surface area contributed by atoms with E-state index in [4.69, 9.17) is 17.0 Å². The molecule has 1 aliphatic heterocycles. The number of piperazine rings is 1. The lowest BCUT2D eigenvalue weighted by atomic mass is 10.1. The fourth-order valence-corrected chi connectivity index (χ4v) is 3.62. The molecule has 1 aliphatic rings. The summed E-state index contributed by atoms with van der Waals surface area (Å²) >= 11 is 5.44. The van der Waals surface area contributed by atoms with Gasteiger partial charge in [-0.05, 0) is 68.5 Å². The first-order valence-corrected chi connectivity index (χ1v) is 10.7. The number of nitrogens with zero attached hydrogens (tertiary/aromatic N) is 2. The van der Waals surface area contributed by atoms with Gasteiger partial charge >= 0.3 is 5.97 Å². The SMILES string of the molecule is CCOC(=O)c1cccc(NC(=S)NCc2ccc(N3CCN(C)CC3)cc2)c1C. The van der Waals surface area contributed by atoms with E-state index in [0.29, 0.717) is 23.8 Å². The summed E-state index contributed by atoms with van der Waals surface area (Å²) in [4.78, 5) is 16.8. The van der Waals surface area contributed by atoms with E-state index in [0.717, 1.165) is 43.0 Å². The Morgan fingerprint density at radius 3 is 2.47 bits per heavy atom. The highest BCUT2D eigenvalue weighted by Gasteiger charge is 2.15. The first kappa shape index (κ1) is 22.1. The highest BCUT2D eigenvalue weighted by Crippen LogP contribution is 2.20. The zero-order valence-electron chi connectivity index (χ0n) is 17.9. The van der Waals surface area contributed by atoms with Crippen LogP contribution in [0.25, 0.3) is 0 Å². The number of anilines is 2. The molecule has 0 bridgehead atoms. The third-order valence-electron chi connectivity index (χ3n) is 5.34. The Labute approximate surface area is 184 Å². The van der Waals surface area contributed by atoms with Gasteiger partial charge < -0.3 is 25.2 Å². The largest absolute Gasteiger partial charge is 0.462 e. The number of nitrogens with one attached hydrogen (secondary N) is 2. The third kappa shape index (κ3) is 5.70. The maximum atomic E-state index is 12.1. The summed E-state index contributed by atoms with van der Waals surface area (Å²) < 4.78 is 5.11. The molecule has 2 aromatic carbocycles. The van der Waals surface area contributed by atoms with Gasteiger partial charge in [0.25, 0.3) is 0 Å². The summed E-state index contributed by atoms with van der Waals surface area (Å²) in [5.74, 6) is -0.321. The Balaban J connectivity index is 1.54. The van der Waals surface area contributed by atoms with Gasteiger partial charge in [0, 0.05) is 44.1 Å². The van der Waals surface area contributed by atoms with Gasteiger partial charge in [-0.3, -0.25) is 0 Å². The number of esters is 1. The van der Waals surface area contributed by atoms with E-state index in [1.807, 2.05) is 19.1 Å². The predicted molar refractivity (Wildman–Crippen MR) is 126 cm³/mol. The van der Waals surface area contributed by atoms with E-state index in [2.05, 4.69) is 51.7 Å². The Morgan fingerprint density at radius 1 is 1.10 bits per heavy atom. The molecule has 6 nitrogen and oxygen atoms in total. The average molecular weight is 427 g/mol. The van der Waals surface area contributed by atoms with Crippen molar-refractivity contribution in [3.8, 4) is 0 Å². The van der Waals surface area contributed by atoms with Crippen LogP contribution in [0, 0.1) is 6.92 Å². The molecule has 1 saturated heterocycles. The molecular formula is C23H30N4O2S. The van der Waals surface area contributed by atoms with E-state index in [-0.39, 0.29) is 5.97 Å². The van der Waals surface area contributed by atoms with Crippen molar-refractivity contribution < 1.29 is 9.53 Å². The van der Waals surface area contributed by atoms with Crippen LogP contribution in [0.5, 0.6) is 0 Å². The summed E-state index contributed by atoms with van der Waals surface area (Å²) in [5, 5.41) is 6.94. The van der Waals surface area contributed by atoms with Crippen LogP contribution in [-0.4, -0.2) is 55.8 Å². The van der Waals surface area contributed by atoms with Gasteiger partial charge in [0.1, 0.15) is 0 Å². The third-order valence-corrected chi connectivity index (χ3v) is 5.58. The molecule has 0 atom stereocenters. The molecule has 0 saturated carbocycles. The van der Waals surface area contributed by atoms with Crippen LogP contribution in [0.15, 0.2) is 42.5 Å². The van der Waals surface area contributed by atoms with Crippen molar-refractivity contribution in [2.75, 3.05) is 50.1 Å². The van der Waals surface area contributed by atoms with Crippen molar-refractivity contribution in [3.05, 3.63) is 59.2 Å². The number of hydrogen-bond donors (Lipinski definition) is 2. The zero-order valence-corrected chi connectivity index (χ0v) is 18.7. The Hall–Kier alpha value is -2.64. The van der Waals surface area contributed by atoms with Crippen molar-refractivity contribution in [2.24, 2.45) is 0 Å². The molecule has 0 spiro atoms. The van der Waals surface area contributed by atoms with Crippen LogP contribution >= 0.6 is 12.2 Å². The molecular weight excluding hydrogens is 396 g/mol. The molecule has 2 N–H and O–H groups in total. The summed E-state index contributed by atoms with van der Waals surface area (Å²) in [7, 11) is 2.16. The van der Waals surface area contributed by atoms with E-state index in [9.17, 15) is 4.79 Å². The smallest absolute Gasteiger partial charge is 0.338 e. The molecule has 1 heterocycles. The second kappa shape index (κ2) is 10.4. The van der Waals surface area contributed by atoms with E-state index in [1.165, 1.54) is 5.69 Å². The van der Waals surface area contributed by atoms with Crippen LogP contribution in [-0.2, 0) is 11.3 Å². The van der Waals surface area contributed by atoms with E-state index in [1.54, 1.807) is 13.0 Å². The van der Waals surface area contributed by atoms with Crippen molar-refractivity contribution >= 4 is 34.7 Å². The fourth-order valence-electron chi connectivity index (χ4n) is 3.44. The van der Waals surface area contributed by atoms with Gasteiger partial charge in [0.2, 0.25) is 0 Å². The van der Waals surface area contributed by atoms with Crippen LogP contribution in [0.3, 0.4) is 0 Å². The molecule has 0 unspecified atom stereocenters. The number of hydrogen-bond acceptors (Lipinski definition) is 5. The molecule has 0 aromatic heterocycles. The number of rotatable bonds is 6. The second-order valence-electron chi connectivity index (χ2n) is 7.46. The van der Waals surface area contributed by atoms with Crippen molar-refractivity contribution in [3.63, 3.8) is 0 Å². The van der Waals surface area contributed by atoms with Gasteiger partial charge in [-0.15, -0.1) is 0 Å². The van der Waals surface area contributed by atoms with Crippen molar-refractivity contribution in [1.29, 1.82) is 0 Å². The molecule has 0 aliphatic carbocycles. The molecule has 2 aromatic rings. The van der Waals surface area contributed by atoms with Crippen molar-refractivity contribution in [1.82, 2.24) is 10.2 Å². The minimum absolute atomic E-state index is 0.321. The van der Waals surface area contributed by atoms with Crippen LogP contribution in [0.4, 0.5) is 11.4 Å². The minimum atomic E-state index is -0.321. The Morgan fingerprint density at radius 2 is 1.80 bits per heavy atom. The fraction of sp³-hybridized carbons (Fsp3) is 0.391. The summed E-state index contributed by atoms with van der Waals surface area (Å²) in [6.45, 7) is 8.98. The summed E-state index contributed by atoms with van der Waals surface area (Å²) in [5.41, 5.74) is 4.58. The minimum Gasteiger partial charge on any atom is -0.462 e. The van der Waals surface area contributed by atoms with Gasteiger partial charge in [0.15, 0.2) is 5.11 Å². The second-order valence-corrected chi connectivity index (χ2v) is 7.87. The Kier molecular flexibility index (Phi) is 7.65. The van der Waals surface area contributed by atoms with Gasteiger partial charge in [0.05, 0.1) is 12.2 Å². The first-order valence-electron chi connectivity index (χ1n) is 10.3. The molecule has 30 heavy (non-hydrogen) atoms. The standard InChI is InChI=1S/C23H30N4O2S/c1-4-29-22(28)20-6-5-7-21(17(20)2)25-23(30)24-16-18-8-10-19(11-9-18)27-14-12-26(3)13-15-27/h5-11H,4,12-16H2,1-3H3,(H2,24,25,30). The maximum absolute atomic E-state index is 12.1. The van der Waals surface area contributed by atoms with Gasteiger partial charge in [-0.2, -0.15) is 0 Å². The quantitative estimate of drug-likeness (QED) is 0.542. The maximum Gasteiger partial charge on any atom is 0.338 e. The number of thiocarbonyl (C=S) groups is 1. The normalized spacial score (nSPS) is 14.3. The zero-order chi connectivity index (χ0) is 21.5. The monoisotopic (exact) mass is 426 g/mol. The molecule has 7 heteroatoms. The number of likely N-dealkylation sites (N-methyl/N-ethyl adjacent to an activating group) is 1. The number of benzene rings is 2. The average Bonchev–Trinajstić information content (AvgIpc) is 2.75. The number of carbonyl (C=O) groups excluding carboxylic acids is 1. The van der Waals surface area contributed by atoms with Gasteiger partial charge in [-0.25, -0.2) is 4.79 Å². The van der Waals surface area contributed by atoms with E-state index < -0.39 is 0 Å². The predicted octanol–water partition coefficient (Wildman–Crippen LogP) is 3.41. The topological polar surface area (TPSA) is 56.8 Å². The molecule has 160 valence electrons. The summed E-state index contributed by atoms with van der Waals surface area (Å²) in [6, 6.07) is 14.1. The molecule has 0 radical (unpaired) electrons. The lowest BCUT2D eigenvalue weighted by Crippen LogP contribution is -2.44. The van der Waals surface area contributed by atoms with Gasteiger partial charge in [-0.1, -0.05) is 18.2 Å². The Bertz CT molecular complexity index is 877. The van der Waals surface area contributed by atoms with E-state index >= 15 is 0 Å². The molecule has 1 fully saturated rings. The number of carbonyl (C=O) groups is 1. The molecule has 0 amide bonds. The van der Waals surface area contributed by atoms with Crippen LogP contribution in [0.2, 0.25) is 0 Å². The van der Waals surface area contributed by atoms with Crippen LogP contribution < -0.4 is 15.5 Å². The summed E-state index contributed by atoms with van der Waals surface area (Å²) in [6.07, 6.45) is 0. The highest BCUT2D eigenvalue weighted by atomic mass is 32.1. The highest BCUT2D eigenvalue weighted by molar-refractivity contribution is 7.80. The number of ether oxygens (including phenoxy) is 1. The lowest BCUT2D eigenvalue weighted by Gasteiger charge is -2.34. The first-order chi connectivity index (χ1) is 14.5. The molecule has 3 rings (SSSR count). The van der Waals surface area contributed by atoms with Crippen molar-refractivity contribution in [2.45, 2.75) is 20.4 Å². The van der Waals surface area contributed by atoms with Crippen LogP contribution in [0.1, 0.15) is 28.4 Å². The lowest BCUT2D eigenvalue weighted by molar-refractivity contribution is 0.0525.